The predicted octanol–water partition coefficient (Wildman–Crippen LogP) is 2.94. The molecule has 0 heterocycles. The standard InChI is InChI=1S/C8H12O2.C6H14O2.C2H4/c9-7-3-1-5-6(7)2-4-8(5)10;1-4-7-6(3)8-5-2;1-2/h5-7,9H,1-4H2;6H,4-5H2,1-3H3;1-2H2. The molecule has 4 nitrogen and oxygen atoms in total. The lowest BCUT2D eigenvalue weighted by atomic mass is 9.99. The van der Waals surface area contributed by atoms with Crippen molar-refractivity contribution in [3.63, 3.8) is 0 Å². The lowest BCUT2D eigenvalue weighted by molar-refractivity contribution is -0.123. The summed E-state index contributed by atoms with van der Waals surface area (Å²) in [6, 6.07) is 0. The topological polar surface area (TPSA) is 55.8 Å². The van der Waals surface area contributed by atoms with Crippen LogP contribution in [0.25, 0.3) is 0 Å². The third kappa shape index (κ3) is 6.16. The fourth-order valence-corrected chi connectivity index (χ4v) is 2.85. The fourth-order valence-electron chi connectivity index (χ4n) is 2.85. The average Bonchev–Trinajstić information content (AvgIpc) is 2.98. The van der Waals surface area contributed by atoms with E-state index in [9.17, 15) is 9.90 Å². The Bertz CT molecular complexity index is 261. The molecule has 3 atom stereocenters. The zero-order valence-electron chi connectivity index (χ0n) is 13.1. The van der Waals surface area contributed by atoms with Gasteiger partial charge in [0.15, 0.2) is 6.29 Å². The van der Waals surface area contributed by atoms with Crippen LogP contribution in [0.5, 0.6) is 0 Å². The van der Waals surface area contributed by atoms with E-state index in [1.165, 1.54) is 0 Å². The Hall–Kier alpha value is -0.710. The van der Waals surface area contributed by atoms with E-state index >= 15 is 0 Å². The summed E-state index contributed by atoms with van der Waals surface area (Å²) >= 11 is 0. The molecule has 2 aliphatic carbocycles. The number of aliphatic hydroxyl groups excluding tert-OH is 1. The van der Waals surface area contributed by atoms with Crippen LogP contribution in [-0.4, -0.2) is 36.5 Å². The van der Waals surface area contributed by atoms with E-state index in [1.54, 1.807) is 0 Å². The number of hydrogen-bond acceptors (Lipinski definition) is 4. The largest absolute Gasteiger partial charge is 0.393 e. The minimum atomic E-state index is -0.170. The van der Waals surface area contributed by atoms with Crippen molar-refractivity contribution in [2.75, 3.05) is 13.2 Å². The SMILES string of the molecule is C=C.CCOC(C)OCC.O=C1CCC2C(O)CCC12. The van der Waals surface area contributed by atoms with Gasteiger partial charge in [0.1, 0.15) is 5.78 Å². The fraction of sp³-hybridized carbons (Fsp3) is 0.812. The summed E-state index contributed by atoms with van der Waals surface area (Å²) in [5, 5.41) is 9.36. The smallest absolute Gasteiger partial charge is 0.154 e. The molecule has 0 bridgehead atoms. The second-order valence-electron chi connectivity index (χ2n) is 4.90. The summed E-state index contributed by atoms with van der Waals surface area (Å²) in [6.07, 6.45) is 3.23. The van der Waals surface area contributed by atoms with E-state index < -0.39 is 0 Å². The first-order valence-electron chi connectivity index (χ1n) is 7.54. The van der Waals surface area contributed by atoms with E-state index in [0.29, 0.717) is 18.1 Å². The molecule has 0 saturated heterocycles. The molecule has 20 heavy (non-hydrogen) atoms. The Kier molecular flexibility index (Phi) is 10.6. The van der Waals surface area contributed by atoms with Crippen LogP contribution in [0.2, 0.25) is 0 Å². The van der Waals surface area contributed by atoms with Gasteiger partial charge in [-0.1, -0.05) is 0 Å². The monoisotopic (exact) mass is 286 g/mol. The van der Waals surface area contributed by atoms with Crippen LogP contribution in [-0.2, 0) is 14.3 Å². The van der Waals surface area contributed by atoms with E-state index in [4.69, 9.17) is 9.47 Å². The number of carbonyl (C=O) groups excluding carboxylic acids is 1. The molecule has 1 N–H and O–H groups in total. The van der Waals surface area contributed by atoms with Crippen LogP contribution in [0.3, 0.4) is 0 Å². The summed E-state index contributed by atoms with van der Waals surface area (Å²) in [6.45, 7) is 13.3. The van der Waals surface area contributed by atoms with E-state index in [1.807, 2.05) is 20.8 Å². The normalized spacial score (nSPS) is 27.4. The van der Waals surface area contributed by atoms with Crippen LogP contribution in [0, 0.1) is 11.8 Å². The summed E-state index contributed by atoms with van der Waals surface area (Å²) in [5.74, 6) is 0.948. The van der Waals surface area contributed by atoms with Crippen molar-refractivity contribution >= 4 is 5.78 Å². The zero-order valence-corrected chi connectivity index (χ0v) is 13.1. The van der Waals surface area contributed by atoms with Gasteiger partial charge >= 0.3 is 0 Å². The Morgan fingerprint density at radius 3 is 2.20 bits per heavy atom. The van der Waals surface area contributed by atoms with E-state index in [-0.39, 0.29) is 18.3 Å². The third-order valence-electron chi connectivity index (χ3n) is 3.72. The van der Waals surface area contributed by atoms with Gasteiger partial charge in [-0.05, 0) is 46.0 Å². The zero-order chi connectivity index (χ0) is 15.5. The molecule has 0 spiro atoms. The average molecular weight is 286 g/mol. The lowest BCUT2D eigenvalue weighted by Crippen LogP contribution is -2.15. The van der Waals surface area contributed by atoms with Gasteiger partial charge in [-0.3, -0.25) is 4.79 Å². The summed E-state index contributed by atoms with van der Waals surface area (Å²) in [4.78, 5) is 11.1. The Morgan fingerprint density at radius 1 is 1.20 bits per heavy atom. The highest BCUT2D eigenvalue weighted by Crippen LogP contribution is 2.41. The van der Waals surface area contributed by atoms with Gasteiger partial charge < -0.3 is 14.6 Å². The lowest BCUT2D eigenvalue weighted by Gasteiger charge is -2.09. The first-order valence-corrected chi connectivity index (χ1v) is 7.54. The van der Waals surface area contributed by atoms with Crippen LogP contribution in [0.1, 0.15) is 46.5 Å². The van der Waals surface area contributed by atoms with E-state index in [2.05, 4.69) is 13.2 Å². The summed E-state index contributed by atoms with van der Waals surface area (Å²) in [5.41, 5.74) is 0. The van der Waals surface area contributed by atoms with Crippen molar-refractivity contribution in [2.45, 2.75) is 58.8 Å². The van der Waals surface area contributed by atoms with Gasteiger partial charge in [-0.2, -0.15) is 0 Å². The van der Waals surface area contributed by atoms with Crippen molar-refractivity contribution in [2.24, 2.45) is 11.8 Å². The molecule has 2 saturated carbocycles. The molecule has 0 aliphatic heterocycles. The number of fused-ring (bicyclic) bond motifs is 1. The molecular formula is C16H30O4. The highest BCUT2D eigenvalue weighted by molar-refractivity contribution is 5.83. The molecule has 2 aliphatic rings. The molecule has 0 aromatic rings. The molecule has 2 rings (SSSR count). The summed E-state index contributed by atoms with van der Waals surface area (Å²) < 4.78 is 10.1. The van der Waals surface area contributed by atoms with Crippen molar-refractivity contribution in [3.8, 4) is 0 Å². The number of aliphatic hydroxyl groups is 1. The van der Waals surface area contributed by atoms with Crippen LogP contribution in [0.4, 0.5) is 0 Å². The van der Waals surface area contributed by atoms with Gasteiger partial charge in [0.05, 0.1) is 6.10 Å². The van der Waals surface area contributed by atoms with Crippen molar-refractivity contribution in [1.82, 2.24) is 0 Å². The number of hydrogen-bond donors (Lipinski definition) is 1. The van der Waals surface area contributed by atoms with Crippen LogP contribution < -0.4 is 0 Å². The Balaban J connectivity index is 0.000000330. The van der Waals surface area contributed by atoms with Gasteiger partial charge in [-0.15, -0.1) is 13.2 Å². The maximum absolute atomic E-state index is 11.1. The first kappa shape index (κ1) is 19.3. The summed E-state index contributed by atoms with van der Waals surface area (Å²) in [7, 11) is 0. The quantitative estimate of drug-likeness (QED) is 0.637. The minimum Gasteiger partial charge on any atom is -0.393 e. The number of Topliss-reactive ketones (excluding diaryl/α,β-unsaturated/α-hetero) is 1. The highest BCUT2D eigenvalue weighted by Gasteiger charge is 2.43. The van der Waals surface area contributed by atoms with Crippen molar-refractivity contribution < 1.29 is 19.4 Å². The Morgan fingerprint density at radius 2 is 1.75 bits per heavy atom. The van der Waals surface area contributed by atoms with Crippen molar-refractivity contribution in [1.29, 1.82) is 0 Å². The number of carbonyl (C=O) groups is 1. The molecule has 0 aromatic carbocycles. The van der Waals surface area contributed by atoms with Gasteiger partial charge in [0, 0.05) is 25.6 Å². The second-order valence-corrected chi connectivity index (χ2v) is 4.90. The molecule has 3 unspecified atom stereocenters. The maximum Gasteiger partial charge on any atom is 0.154 e. The van der Waals surface area contributed by atoms with Gasteiger partial charge in [0.25, 0.3) is 0 Å². The first-order chi connectivity index (χ1) is 9.60. The predicted molar refractivity (Wildman–Crippen MR) is 80.4 cm³/mol. The molecule has 0 amide bonds. The third-order valence-corrected chi connectivity index (χ3v) is 3.72. The molecule has 118 valence electrons. The maximum atomic E-state index is 11.1. The number of rotatable bonds is 4. The van der Waals surface area contributed by atoms with Gasteiger partial charge in [-0.25, -0.2) is 0 Å². The molecule has 0 aromatic heterocycles. The van der Waals surface area contributed by atoms with Crippen molar-refractivity contribution in [3.05, 3.63) is 13.2 Å². The van der Waals surface area contributed by atoms with Crippen LogP contribution in [0.15, 0.2) is 13.2 Å². The highest BCUT2D eigenvalue weighted by atomic mass is 16.7. The molecular weight excluding hydrogens is 256 g/mol. The molecule has 4 heteroatoms. The van der Waals surface area contributed by atoms with Crippen LogP contribution >= 0.6 is 0 Å². The minimum absolute atomic E-state index is 0.0370. The molecule has 2 fully saturated rings. The molecule has 0 radical (unpaired) electrons. The van der Waals surface area contributed by atoms with E-state index in [0.717, 1.165) is 32.5 Å². The second kappa shape index (κ2) is 11.0. The number of ketones is 1. The van der Waals surface area contributed by atoms with Gasteiger partial charge in [0.2, 0.25) is 0 Å². The Labute approximate surface area is 123 Å². The number of ether oxygens (including phenoxy) is 2.